The Morgan fingerprint density at radius 3 is 2.33 bits per heavy atom. The molecule has 22 heteroatoms. The van der Waals surface area contributed by atoms with Crippen molar-refractivity contribution in [2.75, 3.05) is 63.1 Å². The van der Waals surface area contributed by atoms with Crippen LogP contribution in [0.5, 0.6) is 0 Å². The number of hydrogen-bond acceptors (Lipinski definition) is 14. The number of nitrogens with one attached hydrogen (secondary N) is 5. The minimum atomic E-state index is -0.615. The van der Waals surface area contributed by atoms with Crippen molar-refractivity contribution in [2.24, 2.45) is 22.7 Å². The van der Waals surface area contributed by atoms with E-state index < -0.39 is 12.1 Å². The normalized spacial score (nSPS) is 22.8. The fourth-order valence-corrected chi connectivity index (χ4v) is 9.89. The standard InChI is InChI=1S/C45H55Cl2N15O5/c1-27(40-36(25-50-38(56-40)21-37(47)48)55-45(67)54-32-20-35(46)41(51-23-32)62-52-11-12-53-62)58(2)43(65)29-3-5-30(6-4-29)44(66)61-17-15-59(16-18-61)26-28-9-13-60(14-10-28)33-19-31(22-49-24-33)34-7-8-39(63)57-42(34)64/h11-12,19-25,27-30,34,48,56H,3-10,13-18,26H2,1-2H3,(H2,54,55,67)(H,57,63,64)/b38-21-,48-37?/t27-,29?,30?,34?/m1/s1. The van der Waals surface area contributed by atoms with Crippen molar-refractivity contribution >= 4 is 75.6 Å². The molecule has 1 saturated carbocycles. The number of urea groups is 1. The number of nitrogens with zero attached hydrogens (tertiary/aromatic N) is 10. The molecule has 4 fully saturated rings. The summed E-state index contributed by atoms with van der Waals surface area (Å²) in [5.41, 5.74) is 2.92. The topological polar surface area (TPSA) is 239 Å². The van der Waals surface area contributed by atoms with Gasteiger partial charge in [0.2, 0.25) is 23.6 Å². The third-order valence-corrected chi connectivity index (χ3v) is 13.8. The highest BCUT2D eigenvalue weighted by atomic mass is 35.5. The summed E-state index contributed by atoms with van der Waals surface area (Å²) in [5, 5.41) is 26.8. The third kappa shape index (κ3) is 11.5. The molecule has 5 aliphatic rings. The van der Waals surface area contributed by atoms with Crippen LogP contribution in [0.1, 0.15) is 69.8 Å². The third-order valence-electron chi connectivity index (χ3n) is 13.4. The fraction of sp³-hybridized carbons (Fsp3) is 0.489. The van der Waals surface area contributed by atoms with Crippen LogP contribution >= 0.6 is 23.2 Å². The molecule has 354 valence electrons. The average Bonchev–Trinajstić information content (AvgIpc) is 3.87. The van der Waals surface area contributed by atoms with Gasteiger partial charge in [0.1, 0.15) is 11.0 Å². The molecule has 1 unspecified atom stereocenters. The van der Waals surface area contributed by atoms with Crippen LogP contribution in [0, 0.1) is 23.2 Å². The van der Waals surface area contributed by atoms with E-state index in [1.165, 1.54) is 41.7 Å². The number of aromatic nitrogens is 5. The number of hydrogen-bond donors (Lipinski definition) is 5. The number of imide groups is 1. The van der Waals surface area contributed by atoms with E-state index in [0.717, 1.165) is 56.8 Å². The van der Waals surface area contributed by atoms with Crippen LogP contribution in [0.4, 0.5) is 16.2 Å². The molecule has 4 aliphatic heterocycles. The summed E-state index contributed by atoms with van der Waals surface area (Å²) in [6.07, 6.45) is 16.1. The second-order valence-electron chi connectivity index (χ2n) is 17.7. The van der Waals surface area contributed by atoms with Crippen LogP contribution in [0.15, 0.2) is 71.4 Å². The Morgan fingerprint density at radius 2 is 1.64 bits per heavy atom. The number of piperidine rings is 2. The van der Waals surface area contributed by atoms with Gasteiger partial charge in [0.05, 0.1) is 70.8 Å². The number of halogens is 2. The van der Waals surface area contributed by atoms with Crippen molar-refractivity contribution in [1.82, 2.24) is 55.6 Å². The van der Waals surface area contributed by atoms with Crippen LogP contribution in [0.3, 0.4) is 0 Å². The summed E-state index contributed by atoms with van der Waals surface area (Å²) < 4.78 is 0. The molecule has 67 heavy (non-hydrogen) atoms. The number of piperazine rings is 1. The first-order valence-corrected chi connectivity index (χ1v) is 23.5. The number of carbonyl (C=O) groups is 5. The van der Waals surface area contributed by atoms with Crippen LogP contribution in [-0.4, -0.2) is 140 Å². The van der Waals surface area contributed by atoms with Crippen molar-refractivity contribution < 1.29 is 24.0 Å². The van der Waals surface area contributed by atoms with Gasteiger partial charge >= 0.3 is 6.03 Å². The first-order valence-electron chi connectivity index (χ1n) is 22.7. The lowest BCUT2D eigenvalue weighted by Crippen LogP contribution is -2.52. The van der Waals surface area contributed by atoms with Crippen molar-refractivity contribution in [3.8, 4) is 5.82 Å². The van der Waals surface area contributed by atoms with Crippen molar-refractivity contribution in [3.63, 3.8) is 0 Å². The molecule has 0 radical (unpaired) electrons. The number of amides is 6. The maximum absolute atomic E-state index is 14.0. The molecule has 0 spiro atoms. The minimum Gasteiger partial charge on any atom is -0.370 e. The number of rotatable bonds is 12. The highest BCUT2D eigenvalue weighted by Gasteiger charge is 2.37. The van der Waals surface area contributed by atoms with Crippen LogP contribution in [0.25, 0.3) is 5.82 Å². The maximum Gasteiger partial charge on any atom is 0.323 e. The number of aliphatic imine (C=N–C) groups is 1. The van der Waals surface area contributed by atoms with Crippen LogP contribution in [-0.2, 0) is 19.2 Å². The predicted octanol–water partition coefficient (Wildman–Crippen LogP) is 4.01. The van der Waals surface area contributed by atoms with E-state index in [4.69, 9.17) is 28.6 Å². The fourth-order valence-electron chi connectivity index (χ4n) is 9.55. The summed E-state index contributed by atoms with van der Waals surface area (Å²) in [7, 11) is 1.71. The number of anilines is 2. The summed E-state index contributed by atoms with van der Waals surface area (Å²) in [5.74, 6) is -0.0134. The molecule has 3 aromatic heterocycles. The van der Waals surface area contributed by atoms with Gasteiger partial charge in [-0.15, -0.1) is 4.80 Å². The highest BCUT2D eigenvalue weighted by molar-refractivity contribution is 6.67. The lowest BCUT2D eigenvalue weighted by atomic mass is 9.80. The quantitative estimate of drug-likeness (QED) is 0.128. The van der Waals surface area contributed by atoms with Gasteiger partial charge in [-0.05, 0) is 75.5 Å². The predicted molar refractivity (Wildman–Crippen MR) is 252 cm³/mol. The Hall–Kier alpha value is -6.25. The molecule has 1 aliphatic carbocycles. The number of carbonyl (C=O) groups excluding carboxylic acids is 5. The molecule has 0 bridgehead atoms. The molecular weight excluding hydrogens is 902 g/mol. The minimum absolute atomic E-state index is 0.0704. The maximum atomic E-state index is 14.0. The Morgan fingerprint density at radius 1 is 0.925 bits per heavy atom. The zero-order valence-electron chi connectivity index (χ0n) is 37.5. The van der Waals surface area contributed by atoms with Gasteiger partial charge < -0.3 is 30.7 Å². The summed E-state index contributed by atoms with van der Waals surface area (Å²) >= 11 is 12.2. The zero-order valence-corrected chi connectivity index (χ0v) is 39.0. The van der Waals surface area contributed by atoms with E-state index in [1.54, 1.807) is 18.1 Å². The molecular formula is C45H55Cl2N15O5. The second kappa shape index (κ2) is 21.1. The lowest BCUT2D eigenvalue weighted by molar-refractivity contribution is -0.142. The SMILES string of the molecule is C[C@H](C1=C(NC(=O)Nc2cnc(-n3nccn3)c(Cl)c2)C=N/C(=C/C(=N)Cl)N1)N(C)C(=O)C1CCC(C(=O)N2CCN(CC3CCN(c4cncc(C5CCC(=O)NC5=O)c4)CC3)CC2)CC1. The summed E-state index contributed by atoms with van der Waals surface area (Å²) in [6, 6.07) is 2.38. The first kappa shape index (κ1) is 47.3. The van der Waals surface area contributed by atoms with Crippen LogP contribution < -0.4 is 26.2 Å². The molecule has 7 heterocycles. The molecule has 0 aromatic carbocycles. The molecule has 3 aromatic rings. The van der Waals surface area contributed by atoms with Crippen molar-refractivity contribution in [2.45, 2.75) is 70.3 Å². The average molecular weight is 957 g/mol. The number of likely N-dealkylation sites (N-methyl/N-ethyl adjacent to an activating group) is 1. The molecule has 8 rings (SSSR count). The van der Waals surface area contributed by atoms with E-state index in [9.17, 15) is 24.0 Å². The van der Waals surface area contributed by atoms with Gasteiger partial charge in [0, 0.05) is 83.4 Å². The smallest absolute Gasteiger partial charge is 0.323 e. The van der Waals surface area contributed by atoms with E-state index in [-0.39, 0.29) is 57.4 Å². The van der Waals surface area contributed by atoms with Crippen LogP contribution in [0.2, 0.25) is 5.02 Å². The van der Waals surface area contributed by atoms with Gasteiger partial charge in [-0.25, -0.2) is 14.8 Å². The van der Waals surface area contributed by atoms with Gasteiger partial charge in [-0.3, -0.25) is 39.8 Å². The molecule has 5 N–H and O–H groups in total. The Bertz CT molecular complexity index is 2460. The second-order valence-corrected chi connectivity index (χ2v) is 18.5. The largest absolute Gasteiger partial charge is 0.370 e. The molecule has 20 nitrogen and oxygen atoms in total. The highest BCUT2D eigenvalue weighted by Crippen LogP contribution is 2.34. The van der Waals surface area contributed by atoms with Gasteiger partial charge in [0.25, 0.3) is 0 Å². The summed E-state index contributed by atoms with van der Waals surface area (Å²) in [6.45, 7) is 7.68. The molecule has 6 amide bonds. The van der Waals surface area contributed by atoms with Crippen molar-refractivity contribution in [3.05, 3.63) is 77.0 Å². The Balaban J connectivity index is 0.790. The monoisotopic (exact) mass is 955 g/mol. The van der Waals surface area contributed by atoms with Gasteiger partial charge in [0.15, 0.2) is 5.82 Å². The van der Waals surface area contributed by atoms with E-state index in [0.29, 0.717) is 80.4 Å². The summed E-state index contributed by atoms with van der Waals surface area (Å²) in [4.78, 5) is 87.8. The molecule has 3 saturated heterocycles. The zero-order chi connectivity index (χ0) is 47.2. The number of pyridine rings is 2. The van der Waals surface area contributed by atoms with E-state index in [1.807, 2.05) is 24.1 Å². The van der Waals surface area contributed by atoms with E-state index >= 15 is 0 Å². The van der Waals surface area contributed by atoms with Crippen molar-refractivity contribution in [1.29, 1.82) is 5.41 Å². The number of allylic oxidation sites excluding steroid dienone is 2. The Labute approximate surface area is 398 Å². The van der Waals surface area contributed by atoms with E-state index in [2.05, 4.69) is 56.2 Å². The van der Waals surface area contributed by atoms with Gasteiger partial charge in [-0.2, -0.15) is 10.2 Å². The lowest BCUT2D eigenvalue weighted by Gasteiger charge is -2.41. The first-order chi connectivity index (χ1) is 32.3. The van der Waals surface area contributed by atoms with Gasteiger partial charge in [-0.1, -0.05) is 23.2 Å². The molecule has 2 atom stereocenters. The Kier molecular flexibility index (Phi) is 14.9.